The predicted molar refractivity (Wildman–Crippen MR) is 117 cm³/mol. The Balaban J connectivity index is 1.46. The second kappa shape index (κ2) is 8.25. The first-order valence-electron chi connectivity index (χ1n) is 11.0. The molecule has 5 rings (SSSR count). The van der Waals surface area contributed by atoms with Gasteiger partial charge in [0.2, 0.25) is 0 Å². The van der Waals surface area contributed by atoms with Crippen molar-refractivity contribution in [2.45, 2.75) is 43.9 Å². The molecule has 6 nitrogen and oxygen atoms in total. The van der Waals surface area contributed by atoms with Gasteiger partial charge in [0.15, 0.2) is 5.66 Å². The highest BCUT2D eigenvalue weighted by molar-refractivity contribution is 6.30. The Labute approximate surface area is 191 Å². The van der Waals surface area contributed by atoms with Crippen molar-refractivity contribution in [3.63, 3.8) is 0 Å². The standard InChI is InChI=1S/C24H24ClFN4O2/c25-18-7-5-17(6-8-18)24-14-21-20(2-1-11-27-21)22(31)29(24)12-13-30(24)23(32)28-15-16-3-9-19(26)10-4-16/h1-2,5,7,11,16,19H,3-4,9-10,12-15H2,(H,28,32). The average molecular weight is 455 g/mol. The minimum atomic E-state index is -1.04. The fraction of sp³-hybridized carbons (Fsp3) is 0.458. The molecule has 0 radical (unpaired) electrons. The molecule has 1 atom stereocenters. The Bertz CT molecular complexity index is 1020. The Hall–Kier alpha value is -2.85. The van der Waals surface area contributed by atoms with Crippen LogP contribution in [0.15, 0.2) is 30.5 Å². The quantitative estimate of drug-likeness (QED) is 0.768. The van der Waals surface area contributed by atoms with Gasteiger partial charge < -0.3 is 10.2 Å². The highest BCUT2D eigenvalue weighted by Crippen LogP contribution is 2.44. The first-order valence-corrected chi connectivity index (χ1v) is 11.4. The maximum Gasteiger partial charge on any atom is 0.319 e. The summed E-state index contributed by atoms with van der Waals surface area (Å²) in [4.78, 5) is 34.7. The molecule has 1 N–H and O–H groups in total. The van der Waals surface area contributed by atoms with Gasteiger partial charge in [-0.25, -0.2) is 9.18 Å². The lowest BCUT2D eigenvalue weighted by Gasteiger charge is -2.46. The van der Waals surface area contributed by atoms with Crippen LogP contribution in [-0.2, 0) is 12.1 Å². The Morgan fingerprint density at radius 1 is 1.22 bits per heavy atom. The van der Waals surface area contributed by atoms with Gasteiger partial charge >= 0.3 is 6.03 Å². The van der Waals surface area contributed by atoms with E-state index in [0.717, 1.165) is 12.8 Å². The van der Waals surface area contributed by atoms with Gasteiger partial charge in [-0.2, -0.15) is 0 Å². The number of nitrogens with one attached hydrogen (secondary N) is 1. The lowest BCUT2D eigenvalue weighted by atomic mass is 9.87. The molecule has 1 aliphatic carbocycles. The van der Waals surface area contributed by atoms with Crippen molar-refractivity contribution < 1.29 is 14.0 Å². The van der Waals surface area contributed by atoms with Crippen LogP contribution in [-0.4, -0.2) is 52.5 Å². The molecule has 32 heavy (non-hydrogen) atoms. The van der Waals surface area contributed by atoms with Gasteiger partial charge in [0.25, 0.3) is 5.91 Å². The number of carbonyl (C=O) groups excluding carboxylic acids is 2. The lowest BCUT2D eigenvalue weighted by Crippen LogP contribution is -2.60. The fourth-order valence-corrected chi connectivity index (χ4v) is 5.35. The zero-order valence-corrected chi connectivity index (χ0v) is 18.4. The van der Waals surface area contributed by atoms with Gasteiger partial charge in [-0.15, -0.1) is 0 Å². The van der Waals surface area contributed by atoms with Crippen molar-refractivity contribution in [2.24, 2.45) is 5.92 Å². The van der Waals surface area contributed by atoms with E-state index in [1.54, 1.807) is 40.3 Å². The van der Waals surface area contributed by atoms with Gasteiger partial charge in [-0.3, -0.25) is 14.7 Å². The summed E-state index contributed by atoms with van der Waals surface area (Å²) in [5.41, 5.74) is 0.821. The molecule has 0 bridgehead atoms. The maximum atomic E-state index is 13.5. The van der Waals surface area contributed by atoms with Crippen LogP contribution in [0.3, 0.4) is 0 Å². The molecule has 166 valence electrons. The van der Waals surface area contributed by atoms with Crippen LogP contribution in [0.25, 0.3) is 0 Å². The van der Waals surface area contributed by atoms with Crippen LogP contribution in [0.5, 0.6) is 0 Å². The van der Waals surface area contributed by atoms with Crippen molar-refractivity contribution in [2.75, 3.05) is 19.6 Å². The van der Waals surface area contributed by atoms with Crippen molar-refractivity contribution in [3.8, 4) is 0 Å². The van der Waals surface area contributed by atoms with Crippen molar-refractivity contribution in [3.05, 3.63) is 64.4 Å². The SMILES string of the molecule is O=C(NCC1CCC(F)CC1)N1CCN2C(=O)c3cccnc3CC12c1c#cc(Cl)cc1. The van der Waals surface area contributed by atoms with E-state index >= 15 is 0 Å². The zero-order chi connectivity index (χ0) is 22.3. The lowest BCUT2D eigenvalue weighted by molar-refractivity contribution is 0.0193. The summed E-state index contributed by atoms with van der Waals surface area (Å²) in [6.07, 6.45) is 3.94. The third kappa shape index (κ3) is 3.47. The van der Waals surface area contributed by atoms with E-state index < -0.39 is 11.8 Å². The number of hydrogen-bond donors (Lipinski definition) is 1. The van der Waals surface area contributed by atoms with E-state index in [-0.39, 0.29) is 17.9 Å². The Morgan fingerprint density at radius 2 is 2.03 bits per heavy atom. The number of rotatable bonds is 3. The fourth-order valence-electron chi connectivity index (χ4n) is 5.24. The molecule has 1 aromatic carbocycles. The predicted octanol–water partition coefficient (Wildman–Crippen LogP) is 3.74. The number of urea groups is 1. The van der Waals surface area contributed by atoms with E-state index in [0.29, 0.717) is 60.7 Å². The molecule has 1 unspecified atom stereocenters. The number of fused-ring (bicyclic) bond motifs is 2. The van der Waals surface area contributed by atoms with E-state index in [1.807, 2.05) is 0 Å². The molecule has 2 aliphatic heterocycles. The maximum absolute atomic E-state index is 13.5. The number of carbonyl (C=O) groups is 2. The summed E-state index contributed by atoms with van der Waals surface area (Å²) in [7, 11) is 0. The molecule has 1 saturated carbocycles. The van der Waals surface area contributed by atoms with Gasteiger partial charge in [0.05, 0.1) is 16.3 Å². The average Bonchev–Trinajstić information content (AvgIpc) is 3.20. The third-order valence-electron chi connectivity index (χ3n) is 6.93. The highest BCUT2D eigenvalue weighted by Gasteiger charge is 2.56. The number of alkyl halides is 1. The highest BCUT2D eigenvalue weighted by atomic mass is 35.5. The van der Waals surface area contributed by atoms with Crippen LogP contribution >= 0.6 is 11.6 Å². The smallest absolute Gasteiger partial charge is 0.319 e. The summed E-state index contributed by atoms with van der Waals surface area (Å²) in [6.45, 7) is 1.29. The first kappa shape index (κ1) is 21.0. The van der Waals surface area contributed by atoms with Crippen molar-refractivity contribution in [1.29, 1.82) is 0 Å². The summed E-state index contributed by atoms with van der Waals surface area (Å²) < 4.78 is 13.5. The number of pyridine rings is 1. The molecular weight excluding hydrogens is 431 g/mol. The minimum Gasteiger partial charge on any atom is -0.338 e. The summed E-state index contributed by atoms with van der Waals surface area (Å²) in [6, 6.07) is 12.7. The normalized spacial score (nSPS) is 26.9. The molecule has 3 aliphatic rings. The Kier molecular flexibility index (Phi) is 5.42. The van der Waals surface area contributed by atoms with Gasteiger partial charge in [0.1, 0.15) is 6.17 Å². The van der Waals surface area contributed by atoms with Crippen LogP contribution in [0, 0.1) is 18.1 Å². The first-order chi connectivity index (χ1) is 15.5. The van der Waals surface area contributed by atoms with Gasteiger partial charge in [0, 0.05) is 37.8 Å². The zero-order valence-electron chi connectivity index (χ0n) is 17.6. The molecule has 1 aromatic heterocycles. The number of hydrogen-bond acceptors (Lipinski definition) is 3. The molecular formula is C24H24ClFN4O2. The van der Waals surface area contributed by atoms with Crippen molar-refractivity contribution in [1.82, 2.24) is 20.1 Å². The number of halogens is 2. The van der Waals surface area contributed by atoms with Gasteiger partial charge in [-0.1, -0.05) is 17.7 Å². The second-order valence-electron chi connectivity index (χ2n) is 8.75. The molecule has 2 fully saturated rings. The molecule has 2 aromatic rings. The Morgan fingerprint density at radius 3 is 2.78 bits per heavy atom. The number of aromatic nitrogens is 1. The van der Waals surface area contributed by atoms with Crippen LogP contribution < -0.4 is 5.32 Å². The van der Waals surface area contributed by atoms with Crippen LogP contribution in [0.4, 0.5) is 9.18 Å². The molecule has 1 saturated heterocycles. The van der Waals surface area contributed by atoms with E-state index in [9.17, 15) is 14.0 Å². The minimum absolute atomic E-state index is 0.153. The summed E-state index contributed by atoms with van der Waals surface area (Å²) >= 11 is 6.05. The van der Waals surface area contributed by atoms with Crippen molar-refractivity contribution >= 4 is 23.5 Å². The molecule has 3 heterocycles. The third-order valence-corrected chi connectivity index (χ3v) is 7.15. The van der Waals surface area contributed by atoms with Gasteiger partial charge in [-0.05, 0) is 61.9 Å². The van der Waals surface area contributed by atoms with E-state index in [2.05, 4.69) is 22.4 Å². The summed E-state index contributed by atoms with van der Waals surface area (Å²) in [5.74, 6) is 0.116. The molecule has 3 amide bonds. The molecule has 8 heteroatoms. The van der Waals surface area contributed by atoms with E-state index in [1.165, 1.54) is 0 Å². The monoisotopic (exact) mass is 454 g/mol. The summed E-state index contributed by atoms with van der Waals surface area (Å²) in [5, 5.41) is 3.45. The number of amides is 3. The topological polar surface area (TPSA) is 65.5 Å². The van der Waals surface area contributed by atoms with Crippen LogP contribution in [0.1, 0.15) is 47.3 Å². The molecule has 0 spiro atoms. The number of nitrogens with zero attached hydrogens (tertiary/aromatic N) is 3. The van der Waals surface area contributed by atoms with E-state index in [4.69, 9.17) is 11.6 Å². The second-order valence-corrected chi connectivity index (χ2v) is 9.16. The largest absolute Gasteiger partial charge is 0.338 e. The van der Waals surface area contributed by atoms with Crippen LogP contribution in [0.2, 0.25) is 5.02 Å².